The van der Waals surface area contributed by atoms with E-state index in [2.05, 4.69) is 5.32 Å². The molecule has 0 radical (unpaired) electrons. The average molecular weight is 867 g/mol. The molecule has 5 bridgehead atoms. The first-order valence-electron chi connectivity index (χ1n) is 21.5. The summed E-state index contributed by atoms with van der Waals surface area (Å²) in [5.41, 5.74) is 0.0239. The lowest BCUT2D eigenvalue weighted by molar-refractivity contribution is -0.160. The fourth-order valence-electron chi connectivity index (χ4n) is 8.04. The number of nitrogens with zero attached hydrogens (tertiary/aromatic N) is 1. The highest BCUT2D eigenvalue weighted by atomic mass is 16.7. The smallest absolute Gasteiger partial charge is 0.312 e. The molecule has 0 saturated heterocycles. The minimum Gasteiger partial charge on any atom is -0.507 e. The summed E-state index contributed by atoms with van der Waals surface area (Å²) in [5.74, 6) is -7.91. The van der Waals surface area contributed by atoms with E-state index < -0.39 is 89.6 Å². The van der Waals surface area contributed by atoms with E-state index in [1.807, 2.05) is 13.8 Å². The van der Waals surface area contributed by atoms with Crippen LogP contribution in [0.2, 0.25) is 0 Å². The zero-order chi connectivity index (χ0) is 46.2. The van der Waals surface area contributed by atoms with Crippen molar-refractivity contribution in [2.45, 2.75) is 125 Å². The number of fused-ring (bicyclic) bond motifs is 14. The third-order valence-corrected chi connectivity index (χ3v) is 12.1. The summed E-state index contributed by atoms with van der Waals surface area (Å²) in [6, 6.07) is 1.29. The Morgan fingerprint density at radius 1 is 0.919 bits per heavy atom. The van der Waals surface area contributed by atoms with Crippen molar-refractivity contribution >= 4 is 40.0 Å². The predicted molar refractivity (Wildman–Crippen MR) is 234 cm³/mol. The van der Waals surface area contributed by atoms with Gasteiger partial charge in [0, 0.05) is 80.3 Å². The van der Waals surface area contributed by atoms with Crippen molar-refractivity contribution in [1.29, 1.82) is 0 Å². The van der Waals surface area contributed by atoms with E-state index in [4.69, 9.17) is 23.7 Å². The van der Waals surface area contributed by atoms with Gasteiger partial charge in [0.25, 0.3) is 17.6 Å². The van der Waals surface area contributed by atoms with Crippen LogP contribution in [0.25, 0.3) is 10.8 Å². The minimum atomic E-state index is -2.03. The fraction of sp³-hybridized carbons (Fsp3) is 0.574. The predicted octanol–water partition coefficient (Wildman–Crippen LogP) is 6.86. The summed E-state index contributed by atoms with van der Waals surface area (Å²) in [7, 11) is 1.44. The van der Waals surface area contributed by atoms with Gasteiger partial charge in [-0.05, 0) is 32.8 Å². The third kappa shape index (κ3) is 10.7. The molecule has 2 amide bonds. The Balaban J connectivity index is 1.93. The summed E-state index contributed by atoms with van der Waals surface area (Å²) in [4.78, 5) is 56.0. The third-order valence-electron chi connectivity index (χ3n) is 12.1. The van der Waals surface area contributed by atoms with Gasteiger partial charge in [0.15, 0.2) is 12.4 Å². The van der Waals surface area contributed by atoms with Crippen LogP contribution < -0.4 is 14.8 Å². The highest BCUT2D eigenvalue weighted by Crippen LogP contribution is 2.54. The van der Waals surface area contributed by atoms with Gasteiger partial charge in [-0.2, -0.15) is 0 Å². The number of ether oxygens (including phenoxy) is 5. The first-order chi connectivity index (χ1) is 29.2. The van der Waals surface area contributed by atoms with Crippen molar-refractivity contribution < 1.29 is 63.3 Å². The molecule has 0 fully saturated rings. The Morgan fingerprint density at radius 2 is 1.56 bits per heavy atom. The Hall–Kier alpha value is -5.12. The molecule has 3 heterocycles. The van der Waals surface area contributed by atoms with Gasteiger partial charge in [0.1, 0.15) is 23.4 Å². The molecule has 2 aromatic carbocycles. The molecule has 342 valence electrons. The molecule has 9 unspecified atom stereocenters. The second-order valence-corrected chi connectivity index (χ2v) is 16.8. The van der Waals surface area contributed by atoms with Crippen molar-refractivity contribution in [3.05, 3.63) is 53.3 Å². The molecule has 15 heteroatoms. The fourth-order valence-corrected chi connectivity index (χ4v) is 8.04. The molecule has 0 aliphatic carbocycles. The number of carbonyl (C=O) groups is 4. The number of hydrogen-bond donors (Lipinski definition) is 5. The van der Waals surface area contributed by atoms with Crippen LogP contribution in [0.4, 0.5) is 5.69 Å². The largest absolute Gasteiger partial charge is 0.507 e. The lowest BCUT2D eigenvalue weighted by atomic mass is 9.78. The average Bonchev–Trinajstić information content (AvgIpc) is 3.50. The number of aliphatic hydroxyl groups excluding tert-OH is 2. The molecule has 5 N–H and O–H groups in total. The van der Waals surface area contributed by atoms with E-state index in [1.165, 1.54) is 59.3 Å². The number of ketones is 1. The molecule has 3 aliphatic heterocycles. The van der Waals surface area contributed by atoms with Crippen LogP contribution >= 0.6 is 0 Å². The second kappa shape index (κ2) is 21.3. The molecule has 15 nitrogen and oxygen atoms in total. The van der Waals surface area contributed by atoms with E-state index in [0.29, 0.717) is 13.1 Å². The number of nitrogens with one attached hydrogen (secondary N) is 1. The Labute approximate surface area is 364 Å². The second-order valence-electron chi connectivity index (χ2n) is 16.8. The van der Waals surface area contributed by atoms with Gasteiger partial charge in [-0.25, -0.2) is 0 Å². The lowest BCUT2D eigenvalue weighted by Crippen LogP contribution is -2.46. The van der Waals surface area contributed by atoms with Crippen molar-refractivity contribution in [1.82, 2.24) is 4.90 Å². The summed E-state index contributed by atoms with van der Waals surface area (Å²) in [6.45, 7) is 17.3. The van der Waals surface area contributed by atoms with Crippen molar-refractivity contribution in [3.8, 4) is 23.0 Å². The highest BCUT2D eigenvalue weighted by Gasteiger charge is 2.50. The lowest BCUT2D eigenvalue weighted by Gasteiger charge is -2.38. The number of Topliss-reactive ketones (excluding diaryl/α,β-unsaturated/α-hetero) is 1. The maximum Gasteiger partial charge on any atom is 0.312 e. The van der Waals surface area contributed by atoms with Gasteiger partial charge in [0.2, 0.25) is 0 Å². The van der Waals surface area contributed by atoms with E-state index >= 15 is 0 Å². The summed E-state index contributed by atoms with van der Waals surface area (Å²) < 4.78 is 30.0. The molecule has 0 saturated carbocycles. The van der Waals surface area contributed by atoms with Crippen molar-refractivity contribution in [3.63, 3.8) is 0 Å². The van der Waals surface area contributed by atoms with Crippen molar-refractivity contribution in [2.75, 3.05) is 32.1 Å². The number of anilines is 1. The number of esters is 1. The monoisotopic (exact) mass is 866 g/mol. The van der Waals surface area contributed by atoms with Crippen LogP contribution in [0.15, 0.2) is 42.2 Å². The number of phenols is 2. The van der Waals surface area contributed by atoms with Crippen LogP contribution in [0.1, 0.15) is 104 Å². The van der Waals surface area contributed by atoms with E-state index in [1.54, 1.807) is 44.7 Å². The molecule has 3 aliphatic rings. The molecule has 0 aromatic heterocycles. The normalized spacial score (nSPS) is 29.0. The molecule has 0 spiro atoms. The molecule has 2 aromatic rings. The quantitative estimate of drug-likeness (QED) is 0.116. The van der Waals surface area contributed by atoms with E-state index in [0.717, 1.165) is 25.7 Å². The maximum absolute atomic E-state index is 14.6. The molecular formula is C47H66N2O13. The first-order valence-corrected chi connectivity index (χ1v) is 21.5. The number of methoxy groups -OCH3 is 1. The van der Waals surface area contributed by atoms with E-state index in [9.17, 15) is 39.6 Å². The van der Waals surface area contributed by atoms with Crippen LogP contribution in [-0.4, -0.2) is 106 Å². The van der Waals surface area contributed by atoms with Gasteiger partial charge in [-0.1, -0.05) is 72.6 Å². The first kappa shape index (κ1) is 49.5. The van der Waals surface area contributed by atoms with Crippen LogP contribution in [0.5, 0.6) is 23.0 Å². The number of unbranched alkanes of at least 4 members (excludes halogenated alkanes) is 2. The summed E-state index contributed by atoms with van der Waals surface area (Å²) >= 11 is 0. The van der Waals surface area contributed by atoms with Crippen molar-refractivity contribution in [2.24, 2.45) is 23.7 Å². The van der Waals surface area contributed by atoms with Crippen LogP contribution in [0, 0.1) is 30.6 Å². The zero-order valence-electron chi connectivity index (χ0n) is 37.9. The maximum atomic E-state index is 14.6. The number of amides is 2. The Morgan fingerprint density at radius 3 is 2.16 bits per heavy atom. The molecule has 9 atom stereocenters. The molecular weight excluding hydrogens is 801 g/mol. The number of hydrogen-bond acceptors (Lipinski definition) is 13. The van der Waals surface area contributed by atoms with Crippen LogP contribution in [0.3, 0.4) is 0 Å². The SMILES string of the molecule is CCCCN(CCCC)C(=O)COc1cc2c(O)c3c(O)c(C)c4c(c13)C(=O)C(C)(O/C=C/C(OC)C(C)C(OC(C)=O)C(C)C(O)C(C)C(O)C(C)/C=C/C=C(\C)C(=O)N2)O4. The number of aromatic hydroxyl groups is 2. The number of carbonyl (C=O) groups excluding carboxylic acids is 4. The Kier molecular flexibility index (Phi) is 17.0. The number of aliphatic hydroxyl groups is 2. The van der Waals surface area contributed by atoms with E-state index in [-0.39, 0.29) is 50.6 Å². The van der Waals surface area contributed by atoms with Gasteiger partial charge in [-0.15, -0.1) is 0 Å². The van der Waals surface area contributed by atoms with Crippen LogP contribution in [-0.2, 0) is 28.6 Å². The number of benzene rings is 2. The highest BCUT2D eigenvalue weighted by molar-refractivity contribution is 6.21. The standard InChI is InChI=1S/C47H66N2O13/c1-12-14-20-49(21-15-13-2)35(51)24-59-34-23-32-42(55)37-36(34)38-44(30(8)41(37)54)62-47(10,45(38)56)60-22-19-33(58-11)27(5)43(61-31(9)50)29(7)40(53)28(6)39(52)25(3)17-16-18-26(4)46(57)48-32/h16-19,22-23,25,27-29,33,39-40,43,52-55H,12-15,20-21,24H2,1-11H3,(H,48,57)/b17-16+,22-19+,26-18+. The Bertz CT molecular complexity index is 2050. The number of rotatable bonds is 11. The minimum absolute atomic E-state index is 0.0493. The summed E-state index contributed by atoms with van der Waals surface area (Å²) in [6.07, 6.45) is 6.96. The zero-order valence-corrected chi connectivity index (χ0v) is 37.9. The topological polar surface area (TPSA) is 211 Å². The van der Waals surface area contributed by atoms with Gasteiger partial charge < -0.3 is 54.3 Å². The van der Waals surface area contributed by atoms with Gasteiger partial charge >= 0.3 is 11.8 Å². The van der Waals surface area contributed by atoms with Gasteiger partial charge in [0.05, 0.1) is 41.2 Å². The number of allylic oxidation sites excluding steroid dienone is 2. The van der Waals surface area contributed by atoms with Gasteiger partial charge in [-0.3, -0.25) is 19.2 Å². The summed E-state index contributed by atoms with van der Waals surface area (Å²) in [5, 5.41) is 48.7. The molecule has 5 rings (SSSR count). The molecule has 62 heavy (non-hydrogen) atoms. The number of phenolic OH excluding ortho intramolecular Hbond substituents is 2.